The minimum atomic E-state index is -3.55. The molecule has 0 atom stereocenters. The molecule has 7 heteroatoms. The normalized spacial score (nSPS) is 11.4. The number of anilines is 1. The Morgan fingerprint density at radius 2 is 1.81 bits per heavy atom. The second kappa shape index (κ2) is 9.53. The molecule has 1 amide bonds. The van der Waals surface area contributed by atoms with E-state index in [4.69, 9.17) is 4.74 Å². The molecule has 2 aromatic rings. The van der Waals surface area contributed by atoms with Crippen LogP contribution in [0.2, 0.25) is 0 Å². The van der Waals surface area contributed by atoms with Gasteiger partial charge in [-0.2, -0.15) is 0 Å². The van der Waals surface area contributed by atoms with Crippen LogP contribution in [0, 0.1) is 0 Å². The number of hydrogen-bond acceptors (Lipinski definition) is 4. The van der Waals surface area contributed by atoms with E-state index in [0.29, 0.717) is 23.6 Å². The largest absolute Gasteiger partial charge is 0.494 e. The summed E-state index contributed by atoms with van der Waals surface area (Å²) in [5.74, 6) is 0.365. The fraction of sp³-hybridized carbons (Fsp3) is 0.350. The van der Waals surface area contributed by atoms with Crippen molar-refractivity contribution in [2.24, 2.45) is 0 Å². The fourth-order valence-electron chi connectivity index (χ4n) is 2.36. The number of nitrogens with one attached hydrogen (secondary N) is 2. The first-order valence-corrected chi connectivity index (χ1v) is 10.5. The summed E-state index contributed by atoms with van der Waals surface area (Å²) >= 11 is 0. The average Bonchev–Trinajstić information content (AvgIpc) is 2.61. The SMILES string of the molecule is CCCCOc1cccc(C(=O)Nc2ccc(S(=O)(=O)NC(C)C)cc2)c1. The van der Waals surface area contributed by atoms with Crippen LogP contribution >= 0.6 is 0 Å². The van der Waals surface area contributed by atoms with Gasteiger partial charge in [0.1, 0.15) is 5.75 Å². The number of benzene rings is 2. The number of carbonyl (C=O) groups is 1. The van der Waals surface area contributed by atoms with Gasteiger partial charge in [0, 0.05) is 17.3 Å². The Hall–Kier alpha value is -2.38. The Morgan fingerprint density at radius 3 is 2.44 bits per heavy atom. The molecule has 0 unspecified atom stereocenters. The lowest BCUT2D eigenvalue weighted by atomic mass is 10.2. The van der Waals surface area contributed by atoms with Crippen LogP contribution in [0.1, 0.15) is 44.0 Å². The Balaban J connectivity index is 2.05. The summed E-state index contributed by atoms with van der Waals surface area (Å²) < 4.78 is 32.4. The summed E-state index contributed by atoms with van der Waals surface area (Å²) in [6.07, 6.45) is 2.00. The first-order chi connectivity index (χ1) is 12.8. The predicted molar refractivity (Wildman–Crippen MR) is 107 cm³/mol. The highest BCUT2D eigenvalue weighted by atomic mass is 32.2. The van der Waals surface area contributed by atoms with Gasteiger partial charge >= 0.3 is 0 Å². The zero-order valence-electron chi connectivity index (χ0n) is 15.9. The van der Waals surface area contributed by atoms with Gasteiger partial charge in [-0.25, -0.2) is 13.1 Å². The minimum absolute atomic E-state index is 0.153. The first kappa shape index (κ1) is 20.9. The topological polar surface area (TPSA) is 84.5 Å². The second-order valence-corrected chi connectivity index (χ2v) is 8.20. The molecule has 0 aliphatic heterocycles. The van der Waals surface area contributed by atoms with Gasteiger partial charge in [-0.1, -0.05) is 19.4 Å². The molecule has 0 saturated heterocycles. The fourth-order valence-corrected chi connectivity index (χ4v) is 3.61. The van der Waals surface area contributed by atoms with Gasteiger partial charge in [0.05, 0.1) is 11.5 Å². The van der Waals surface area contributed by atoms with E-state index in [-0.39, 0.29) is 16.8 Å². The van der Waals surface area contributed by atoms with Gasteiger partial charge in [0.25, 0.3) is 5.91 Å². The zero-order chi connectivity index (χ0) is 19.9. The van der Waals surface area contributed by atoms with Crippen LogP contribution in [0.25, 0.3) is 0 Å². The van der Waals surface area contributed by atoms with Gasteiger partial charge in [-0.15, -0.1) is 0 Å². The second-order valence-electron chi connectivity index (χ2n) is 6.48. The van der Waals surface area contributed by atoms with Crippen molar-refractivity contribution in [2.75, 3.05) is 11.9 Å². The Kier molecular flexibility index (Phi) is 7.38. The first-order valence-electron chi connectivity index (χ1n) is 8.98. The van der Waals surface area contributed by atoms with Gasteiger partial charge in [0.2, 0.25) is 10.0 Å². The van der Waals surface area contributed by atoms with E-state index in [0.717, 1.165) is 12.8 Å². The lowest BCUT2D eigenvalue weighted by Crippen LogP contribution is -2.30. The third-order valence-electron chi connectivity index (χ3n) is 3.68. The summed E-state index contributed by atoms with van der Waals surface area (Å²) in [6.45, 7) is 6.21. The van der Waals surface area contributed by atoms with Gasteiger partial charge < -0.3 is 10.1 Å². The molecule has 0 heterocycles. The molecule has 0 aliphatic rings. The van der Waals surface area contributed by atoms with Crippen LogP contribution in [-0.2, 0) is 10.0 Å². The summed E-state index contributed by atoms with van der Waals surface area (Å²) in [5.41, 5.74) is 0.989. The molecule has 2 N–H and O–H groups in total. The van der Waals surface area contributed by atoms with Crippen molar-refractivity contribution in [2.45, 2.75) is 44.6 Å². The van der Waals surface area contributed by atoms with Crippen molar-refractivity contribution in [3.8, 4) is 5.75 Å². The van der Waals surface area contributed by atoms with Gasteiger partial charge in [0.15, 0.2) is 0 Å². The molecule has 2 aromatic carbocycles. The Bertz CT molecular complexity index is 862. The standard InChI is InChI=1S/C20H26N2O4S/c1-4-5-13-26-18-8-6-7-16(14-18)20(23)21-17-9-11-19(12-10-17)27(24,25)22-15(2)3/h6-12,14-15,22H,4-5,13H2,1-3H3,(H,21,23). The van der Waals surface area contributed by atoms with Crippen LogP contribution in [0.3, 0.4) is 0 Å². The van der Waals surface area contributed by atoms with Crippen molar-refractivity contribution in [1.82, 2.24) is 4.72 Å². The highest BCUT2D eigenvalue weighted by Crippen LogP contribution is 2.18. The van der Waals surface area contributed by atoms with E-state index in [1.807, 2.05) is 6.07 Å². The van der Waals surface area contributed by atoms with Crippen LogP contribution < -0.4 is 14.8 Å². The Morgan fingerprint density at radius 1 is 1.11 bits per heavy atom. The molecular formula is C20H26N2O4S. The molecule has 0 aliphatic carbocycles. The number of amides is 1. The highest BCUT2D eigenvalue weighted by molar-refractivity contribution is 7.89. The molecule has 0 saturated carbocycles. The predicted octanol–water partition coefficient (Wildman–Crippen LogP) is 3.80. The van der Waals surface area contributed by atoms with E-state index in [9.17, 15) is 13.2 Å². The Labute approximate surface area is 161 Å². The van der Waals surface area contributed by atoms with Crippen molar-refractivity contribution >= 4 is 21.6 Å². The summed E-state index contributed by atoms with van der Waals surface area (Å²) in [5, 5.41) is 2.76. The smallest absolute Gasteiger partial charge is 0.255 e. The van der Waals surface area contributed by atoms with Crippen molar-refractivity contribution in [1.29, 1.82) is 0 Å². The molecule has 146 valence electrons. The lowest BCUT2D eigenvalue weighted by molar-refractivity contribution is 0.102. The quantitative estimate of drug-likeness (QED) is 0.638. The van der Waals surface area contributed by atoms with E-state index in [2.05, 4.69) is 17.0 Å². The monoisotopic (exact) mass is 390 g/mol. The van der Waals surface area contributed by atoms with E-state index < -0.39 is 10.0 Å². The molecule has 0 spiro atoms. The molecule has 2 rings (SSSR count). The van der Waals surface area contributed by atoms with Crippen molar-refractivity contribution in [3.05, 3.63) is 54.1 Å². The zero-order valence-corrected chi connectivity index (χ0v) is 16.7. The maximum Gasteiger partial charge on any atom is 0.255 e. The van der Waals surface area contributed by atoms with E-state index in [1.165, 1.54) is 12.1 Å². The third-order valence-corrected chi connectivity index (χ3v) is 5.35. The number of ether oxygens (including phenoxy) is 1. The number of rotatable bonds is 9. The maximum absolute atomic E-state index is 12.4. The molecule has 6 nitrogen and oxygen atoms in total. The molecule has 0 aromatic heterocycles. The summed E-state index contributed by atoms with van der Waals surface area (Å²) in [6, 6.07) is 12.8. The van der Waals surface area contributed by atoms with E-state index in [1.54, 1.807) is 44.2 Å². The minimum Gasteiger partial charge on any atom is -0.494 e. The average molecular weight is 391 g/mol. The number of hydrogen-bond donors (Lipinski definition) is 2. The van der Waals surface area contributed by atoms with E-state index >= 15 is 0 Å². The van der Waals surface area contributed by atoms with Crippen LogP contribution in [0.4, 0.5) is 5.69 Å². The summed E-state index contributed by atoms with van der Waals surface area (Å²) in [7, 11) is -3.55. The van der Waals surface area contributed by atoms with Crippen LogP contribution in [0.15, 0.2) is 53.4 Å². The van der Waals surface area contributed by atoms with Crippen LogP contribution in [0.5, 0.6) is 5.75 Å². The molecule has 27 heavy (non-hydrogen) atoms. The number of carbonyl (C=O) groups excluding carboxylic acids is 1. The molecule has 0 radical (unpaired) electrons. The van der Waals surface area contributed by atoms with Crippen molar-refractivity contribution < 1.29 is 17.9 Å². The third kappa shape index (κ3) is 6.37. The van der Waals surface area contributed by atoms with Crippen LogP contribution in [-0.4, -0.2) is 27.0 Å². The van der Waals surface area contributed by atoms with Gasteiger partial charge in [-0.3, -0.25) is 4.79 Å². The molecule has 0 bridgehead atoms. The number of unbranched alkanes of at least 4 members (excludes halogenated alkanes) is 1. The summed E-state index contributed by atoms with van der Waals surface area (Å²) in [4.78, 5) is 12.6. The molecular weight excluding hydrogens is 364 g/mol. The maximum atomic E-state index is 12.4. The number of sulfonamides is 1. The van der Waals surface area contributed by atoms with Gasteiger partial charge in [-0.05, 0) is 62.7 Å². The molecule has 0 fully saturated rings. The van der Waals surface area contributed by atoms with Crippen molar-refractivity contribution in [3.63, 3.8) is 0 Å². The lowest BCUT2D eigenvalue weighted by Gasteiger charge is -2.11. The highest BCUT2D eigenvalue weighted by Gasteiger charge is 2.15.